The molecule has 0 aliphatic carbocycles. The third-order valence-corrected chi connectivity index (χ3v) is 4.37. The first-order valence-corrected chi connectivity index (χ1v) is 8.47. The lowest BCUT2D eigenvalue weighted by Crippen LogP contribution is -2.32. The monoisotopic (exact) mass is 336 g/mol. The molecule has 3 rings (SSSR count). The molecule has 24 heavy (non-hydrogen) atoms. The molecule has 0 bridgehead atoms. The number of rotatable bonds is 6. The Morgan fingerprint density at radius 2 is 1.71 bits per heavy atom. The van der Waals surface area contributed by atoms with Crippen molar-refractivity contribution < 1.29 is 19.1 Å². The molecule has 0 saturated carbocycles. The summed E-state index contributed by atoms with van der Waals surface area (Å²) in [6.07, 6.45) is 4.13. The van der Waals surface area contributed by atoms with Crippen LogP contribution in [0.15, 0.2) is 6.07 Å². The van der Waals surface area contributed by atoms with Crippen LogP contribution in [0.3, 0.4) is 0 Å². The van der Waals surface area contributed by atoms with Crippen LogP contribution >= 0.6 is 0 Å². The molecule has 3 heterocycles. The quantitative estimate of drug-likeness (QED) is 0.776. The van der Waals surface area contributed by atoms with Gasteiger partial charge >= 0.3 is 0 Å². The van der Waals surface area contributed by atoms with Crippen LogP contribution in [0.2, 0.25) is 0 Å². The fourth-order valence-corrected chi connectivity index (χ4v) is 3.00. The van der Waals surface area contributed by atoms with Crippen LogP contribution in [-0.2, 0) is 16.5 Å². The highest BCUT2D eigenvalue weighted by Gasteiger charge is 2.21. The van der Waals surface area contributed by atoms with Crippen molar-refractivity contribution in [1.82, 2.24) is 20.4 Å². The van der Waals surface area contributed by atoms with Crippen molar-refractivity contribution in [2.24, 2.45) is 7.05 Å². The highest BCUT2D eigenvalue weighted by atomic mass is 16.5. The minimum atomic E-state index is -0.292. The minimum Gasteiger partial charge on any atom is -0.376 e. The Morgan fingerprint density at radius 3 is 2.25 bits per heavy atom. The molecule has 2 amide bonds. The molecule has 132 valence electrons. The zero-order chi connectivity index (χ0) is 16.9. The van der Waals surface area contributed by atoms with Gasteiger partial charge in [0.05, 0.1) is 12.2 Å². The van der Waals surface area contributed by atoms with Gasteiger partial charge in [-0.3, -0.25) is 14.3 Å². The van der Waals surface area contributed by atoms with Crippen molar-refractivity contribution in [3.05, 3.63) is 17.5 Å². The lowest BCUT2D eigenvalue weighted by Gasteiger charge is -2.10. The van der Waals surface area contributed by atoms with E-state index in [9.17, 15) is 9.59 Å². The van der Waals surface area contributed by atoms with Crippen molar-refractivity contribution >= 4 is 11.8 Å². The molecule has 2 aliphatic heterocycles. The lowest BCUT2D eigenvalue weighted by molar-refractivity contribution is 0.0848. The molecule has 2 atom stereocenters. The van der Waals surface area contributed by atoms with Crippen LogP contribution in [-0.4, -0.2) is 60.1 Å². The van der Waals surface area contributed by atoms with Crippen LogP contribution in [0.25, 0.3) is 0 Å². The van der Waals surface area contributed by atoms with Gasteiger partial charge in [-0.05, 0) is 25.7 Å². The fraction of sp³-hybridized carbons (Fsp3) is 0.688. The van der Waals surface area contributed by atoms with Crippen LogP contribution < -0.4 is 10.6 Å². The first-order valence-electron chi connectivity index (χ1n) is 8.47. The van der Waals surface area contributed by atoms with Crippen molar-refractivity contribution in [3.8, 4) is 0 Å². The van der Waals surface area contributed by atoms with Crippen molar-refractivity contribution in [2.75, 3.05) is 26.3 Å². The number of nitrogens with one attached hydrogen (secondary N) is 2. The molecule has 1 aromatic heterocycles. The Hall–Kier alpha value is -1.93. The van der Waals surface area contributed by atoms with E-state index >= 15 is 0 Å². The number of amides is 2. The number of carbonyl (C=O) groups is 2. The second-order valence-electron chi connectivity index (χ2n) is 6.23. The molecule has 8 nitrogen and oxygen atoms in total. The maximum atomic E-state index is 12.2. The fourth-order valence-electron chi connectivity index (χ4n) is 3.00. The van der Waals surface area contributed by atoms with Gasteiger partial charge in [0.15, 0.2) is 5.69 Å². The predicted octanol–water partition coefficient (Wildman–Crippen LogP) is 0.238. The van der Waals surface area contributed by atoms with E-state index < -0.39 is 0 Å². The molecule has 1 aromatic rings. The van der Waals surface area contributed by atoms with E-state index in [1.165, 1.54) is 10.7 Å². The van der Waals surface area contributed by atoms with Gasteiger partial charge in [0.1, 0.15) is 5.69 Å². The van der Waals surface area contributed by atoms with E-state index in [0.717, 1.165) is 38.9 Å². The van der Waals surface area contributed by atoms with Crippen molar-refractivity contribution in [2.45, 2.75) is 37.9 Å². The zero-order valence-electron chi connectivity index (χ0n) is 13.9. The number of ether oxygens (including phenoxy) is 2. The highest BCUT2D eigenvalue weighted by Crippen LogP contribution is 2.12. The first kappa shape index (κ1) is 16.9. The van der Waals surface area contributed by atoms with Crippen molar-refractivity contribution in [1.29, 1.82) is 0 Å². The molecule has 0 radical (unpaired) electrons. The van der Waals surface area contributed by atoms with Crippen LogP contribution in [0, 0.1) is 0 Å². The van der Waals surface area contributed by atoms with Crippen LogP contribution in [0.1, 0.15) is 46.7 Å². The topological polar surface area (TPSA) is 94.5 Å². The van der Waals surface area contributed by atoms with Gasteiger partial charge in [-0.2, -0.15) is 5.10 Å². The summed E-state index contributed by atoms with van der Waals surface area (Å²) in [5.41, 5.74) is 0.591. The Kier molecular flexibility index (Phi) is 5.47. The molecule has 0 unspecified atom stereocenters. The highest BCUT2D eigenvalue weighted by molar-refractivity contribution is 5.97. The molecule has 2 aliphatic rings. The summed E-state index contributed by atoms with van der Waals surface area (Å²) < 4.78 is 12.4. The summed E-state index contributed by atoms with van der Waals surface area (Å²) in [6.45, 7) is 2.45. The normalized spacial score (nSPS) is 23.4. The second-order valence-corrected chi connectivity index (χ2v) is 6.23. The molecule has 2 fully saturated rings. The molecule has 8 heteroatoms. The molecular weight excluding hydrogens is 312 g/mol. The second kappa shape index (κ2) is 7.76. The van der Waals surface area contributed by atoms with E-state index in [2.05, 4.69) is 15.7 Å². The number of nitrogens with zero attached hydrogens (tertiary/aromatic N) is 2. The van der Waals surface area contributed by atoms with Gasteiger partial charge in [0, 0.05) is 39.4 Å². The Bertz CT molecular complexity index is 589. The largest absolute Gasteiger partial charge is 0.376 e. The summed E-state index contributed by atoms with van der Waals surface area (Å²) in [7, 11) is 1.65. The van der Waals surface area contributed by atoms with Gasteiger partial charge in [-0.15, -0.1) is 0 Å². The number of carbonyl (C=O) groups excluding carboxylic acids is 2. The van der Waals surface area contributed by atoms with Gasteiger partial charge in [0.2, 0.25) is 0 Å². The smallest absolute Gasteiger partial charge is 0.271 e. The Morgan fingerprint density at radius 1 is 1.12 bits per heavy atom. The number of aromatic nitrogens is 2. The van der Waals surface area contributed by atoms with E-state index in [0.29, 0.717) is 18.8 Å². The van der Waals surface area contributed by atoms with E-state index in [-0.39, 0.29) is 29.7 Å². The Labute approximate surface area is 140 Å². The molecule has 0 spiro atoms. The number of aryl methyl sites for hydroxylation is 1. The summed E-state index contributed by atoms with van der Waals surface area (Å²) in [6, 6.07) is 1.51. The SMILES string of the molecule is Cn1nc(C(=O)NC[C@H]2CCCO2)cc1C(=O)NC[C@@H]1CCCO1. The maximum Gasteiger partial charge on any atom is 0.271 e. The molecule has 2 N–H and O–H groups in total. The zero-order valence-corrected chi connectivity index (χ0v) is 13.9. The van der Waals surface area contributed by atoms with E-state index in [1.54, 1.807) is 7.05 Å². The van der Waals surface area contributed by atoms with Gasteiger partial charge in [-0.1, -0.05) is 0 Å². The van der Waals surface area contributed by atoms with Crippen LogP contribution in [0.4, 0.5) is 0 Å². The number of hydrogen-bond donors (Lipinski definition) is 2. The standard InChI is InChI=1S/C16H24N4O4/c1-20-14(16(22)18-10-12-5-3-7-24-12)8-13(19-20)15(21)17-9-11-4-2-6-23-11/h8,11-12H,2-7,9-10H2,1H3,(H,17,21)(H,18,22)/t11-,12+/m1/s1. The average molecular weight is 336 g/mol. The van der Waals surface area contributed by atoms with Gasteiger partial charge in [0.25, 0.3) is 11.8 Å². The van der Waals surface area contributed by atoms with E-state index in [1.807, 2.05) is 0 Å². The Balaban J connectivity index is 1.52. The predicted molar refractivity (Wildman–Crippen MR) is 85.8 cm³/mol. The van der Waals surface area contributed by atoms with E-state index in [4.69, 9.17) is 9.47 Å². The lowest BCUT2D eigenvalue weighted by atomic mass is 10.2. The third kappa shape index (κ3) is 4.12. The minimum absolute atomic E-state index is 0.0758. The van der Waals surface area contributed by atoms with Gasteiger partial charge in [-0.25, -0.2) is 0 Å². The van der Waals surface area contributed by atoms with Gasteiger partial charge < -0.3 is 20.1 Å². The molecule has 0 aromatic carbocycles. The first-order chi connectivity index (χ1) is 11.6. The molecule has 2 saturated heterocycles. The van der Waals surface area contributed by atoms with Crippen LogP contribution in [0.5, 0.6) is 0 Å². The summed E-state index contributed by atoms with van der Waals surface area (Å²) in [5, 5.41) is 9.77. The number of hydrogen-bond acceptors (Lipinski definition) is 5. The van der Waals surface area contributed by atoms with Crippen molar-refractivity contribution in [3.63, 3.8) is 0 Å². The summed E-state index contributed by atoms with van der Waals surface area (Å²) >= 11 is 0. The maximum absolute atomic E-state index is 12.2. The average Bonchev–Trinajstić information content (AvgIpc) is 3.31. The summed E-state index contributed by atoms with van der Waals surface area (Å²) in [4.78, 5) is 24.4. The molecular formula is C16H24N4O4. The summed E-state index contributed by atoms with van der Waals surface area (Å²) in [5.74, 6) is -0.544. The third-order valence-electron chi connectivity index (χ3n) is 4.37.